The number of carboxylic acids is 1. The van der Waals surface area contributed by atoms with Crippen LogP contribution in [0.25, 0.3) is 5.65 Å². The van der Waals surface area contributed by atoms with Gasteiger partial charge in [-0.2, -0.15) is 5.10 Å². The summed E-state index contributed by atoms with van der Waals surface area (Å²) in [5, 5.41) is 13.0. The molecule has 2 rings (SSSR count). The molecule has 0 fully saturated rings. The Morgan fingerprint density at radius 2 is 2.38 bits per heavy atom. The van der Waals surface area contributed by atoms with Gasteiger partial charge in [-0.05, 0) is 12.1 Å². The number of nitrogens with zero attached hydrogens (tertiary/aromatic N) is 3. The van der Waals surface area contributed by atoms with Gasteiger partial charge in [0.2, 0.25) is 0 Å². The summed E-state index contributed by atoms with van der Waals surface area (Å²) in [6.07, 6.45) is 1.78. The van der Waals surface area contributed by atoms with Crippen molar-refractivity contribution in [1.29, 1.82) is 0 Å². The number of aromatic nitrogens is 3. The molecule has 0 bridgehead atoms. The minimum absolute atomic E-state index is 0.163. The van der Waals surface area contributed by atoms with E-state index in [9.17, 15) is 4.79 Å². The molecule has 3 N–H and O–H groups in total. The van der Waals surface area contributed by atoms with Crippen molar-refractivity contribution in [3.63, 3.8) is 0 Å². The maximum Gasteiger partial charge on any atom is 0.320 e. The summed E-state index contributed by atoms with van der Waals surface area (Å²) in [5.41, 5.74) is 6.59. The van der Waals surface area contributed by atoms with Crippen molar-refractivity contribution in [2.24, 2.45) is 5.73 Å². The van der Waals surface area contributed by atoms with Gasteiger partial charge in [0.1, 0.15) is 11.2 Å². The van der Waals surface area contributed by atoms with Crippen LogP contribution in [0.5, 0.6) is 0 Å². The van der Waals surface area contributed by atoms with Crippen LogP contribution in [0, 0.1) is 0 Å². The van der Waals surface area contributed by atoms with Crippen molar-refractivity contribution < 1.29 is 9.90 Å². The summed E-state index contributed by atoms with van der Waals surface area (Å²) >= 11 is 5.71. The molecule has 0 amide bonds. The normalized spacial score (nSPS) is 12.9. The van der Waals surface area contributed by atoms with Gasteiger partial charge in [-0.3, -0.25) is 4.79 Å². The number of hydrogen-bond donors (Lipinski definition) is 2. The summed E-state index contributed by atoms with van der Waals surface area (Å²) in [6, 6.07) is 2.36. The first kappa shape index (κ1) is 10.8. The van der Waals surface area contributed by atoms with Gasteiger partial charge >= 0.3 is 5.97 Å². The van der Waals surface area contributed by atoms with Gasteiger partial charge in [-0.1, -0.05) is 11.6 Å². The molecule has 0 spiro atoms. The highest BCUT2D eigenvalue weighted by Gasteiger charge is 2.14. The molecule has 6 nitrogen and oxygen atoms in total. The average Bonchev–Trinajstić information content (AvgIpc) is 2.58. The molecule has 0 unspecified atom stereocenters. The highest BCUT2D eigenvalue weighted by molar-refractivity contribution is 6.29. The second kappa shape index (κ2) is 4.07. The van der Waals surface area contributed by atoms with Gasteiger partial charge in [-0.25, -0.2) is 9.50 Å². The van der Waals surface area contributed by atoms with Crippen LogP contribution in [0.4, 0.5) is 0 Å². The molecule has 16 heavy (non-hydrogen) atoms. The number of hydrogen-bond acceptors (Lipinski definition) is 4. The highest BCUT2D eigenvalue weighted by atomic mass is 35.5. The fourth-order valence-electron chi connectivity index (χ4n) is 1.32. The summed E-state index contributed by atoms with van der Waals surface area (Å²) in [4.78, 5) is 14.8. The van der Waals surface area contributed by atoms with E-state index in [1.54, 1.807) is 18.3 Å². The second-order valence-corrected chi connectivity index (χ2v) is 3.73. The van der Waals surface area contributed by atoms with Crippen molar-refractivity contribution in [1.82, 2.24) is 14.6 Å². The van der Waals surface area contributed by atoms with Crippen LogP contribution in [0.3, 0.4) is 0 Å². The zero-order valence-electron chi connectivity index (χ0n) is 8.17. The third-order valence-electron chi connectivity index (χ3n) is 2.08. The van der Waals surface area contributed by atoms with E-state index >= 15 is 0 Å². The molecule has 2 aromatic heterocycles. The first-order valence-corrected chi connectivity index (χ1v) is 4.93. The summed E-state index contributed by atoms with van der Waals surface area (Å²) in [6.45, 7) is 0. The number of fused-ring (bicyclic) bond motifs is 1. The zero-order chi connectivity index (χ0) is 11.7. The Morgan fingerprint density at radius 3 is 3.06 bits per heavy atom. The molecule has 2 heterocycles. The Bertz CT molecular complexity index is 539. The Morgan fingerprint density at radius 1 is 1.62 bits per heavy atom. The van der Waals surface area contributed by atoms with Gasteiger partial charge in [0.25, 0.3) is 0 Å². The number of rotatable bonds is 3. The fraction of sp³-hybridized carbons (Fsp3) is 0.222. The molecule has 1 atom stereocenters. The Labute approximate surface area is 95.7 Å². The van der Waals surface area contributed by atoms with Gasteiger partial charge in [0, 0.05) is 6.42 Å². The molecule has 0 aliphatic carbocycles. The molecule has 2 aromatic rings. The van der Waals surface area contributed by atoms with Gasteiger partial charge in [-0.15, -0.1) is 0 Å². The summed E-state index contributed by atoms with van der Waals surface area (Å²) in [7, 11) is 0. The summed E-state index contributed by atoms with van der Waals surface area (Å²) < 4.78 is 1.49. The Kier molecular flexibility index (Phi) is 2.76. The molecule has 84 valence electrons. The SMILES string of the molecule is N[C@H](Cc1cn2nc(Cl)ccc2n1)C(=O)O. The van der Waals surface area contributed by atoms with Crippen molar-refractivity contribution in [3.8, 4) is 0 Å². The van der Waals surface area contributed by atoms with E-state index in [4.69, 9.17) is 22.4 Å². The minimum atomic E-state index is -1.05. The monoisotopic (exact) mass is 240 g/mol. The predicted octanol–water partition coefficient (Wildman–Crippen LogP) is 0.337. The molecular formula is C9H9ClN4O2. The number of carbonyl (C=O) groups is 1. The third kappa shape index (κ3) is 2.12. The number of nitrogens with two attached hydrogens (primary N) is 1. The topological polar surface area (TPSA) is 93.5 Å². The highest BCUT2D eigenvalue weighted by Crippen LogP contribution is 2.09. The third-order valence-corrected chi connectivity index (χ3v) is 2.29. The molecule has 7 heteroatoms. The van der Waals surface area contributed by atoms with Gasteiger partial charge in [0.05, 0.1) is 11.9 Å². The number of imidazole rings is 1. The molecule has 0 saturated carbocycles. The quantitative estimate of drug-likeness (QED) is 0.807. The van der Waals surface area contributed by atoms with E-state index in [1.165, 1.54) is 4.52 Å². The smallest absolute Gasteiger partial charge is 0.320 e. The van der Waals surface area contributed by atoms with Gasteiger partial charge < -0.3 is 10.8 Å². The molecule has 0 radical (unpaired) electrons. The van der Waals surface area contributed by atoms with E-state index in [2.05, 4.69) is 10.1 Å². The van der Waals surface area contributed by atoms with Crippen molar-refractivity contribution in [3.05, 3.63) is 29.2 Å². The average molecular weight is 241 g/mol. The lowest BCUT2D eigenvalue weighted by Gasteiger charge is -2.01. The van der Waals surface area contributed by atoms with E-state index in [0.29, 0.717) is 16.5 Å². The lowest BCUT2D eigenvalue weighted by Crippen LogP contribution is -2.32. The molecule has 0 aromatic carbocycles. The van der Waals surface area contributed by atoms with Crippen LogP contribution >= 0.6 is 11.6 Å². The van der Waals surface area contributed by atoms with Crippen LogP contribution in [0.2, 0.25) is 5.15 Å². The Balaban J connectivity index is 2.29. The number of carboxylic acid groups (broad SMARTS) is 1. The molecular weight excluding hydrogens is 232 g/mol. The largest absolute Gasteiger partial charge is 0.480 e. The molecule has 0 aliphatic rings. The first-order valence-electron chi connectivity index (χ1n) is 4.55. The van der Waals surface area contributed by atoms with Gasteiger partial charge in [0.15, 0.2) is 5.65 Å². The Hall–Kier alpha value is -1.66. The number of halogens is 1. The van der Waals surface area contributed by atoms with E-state index in [0.717, 1.165) is 0 Å². The van der Waals surface area contributed by atoms with Crippen LogP contribution in [-0.2, 0) is 11.2 Å². The van der Waals surface area contributed by atoms with E-state index in [-0.39, 0.29) is 6.42 Å². The van der Waals surface area contributed by atoms with Crippen LogP contribution in [-0.4, -0.2) is 31.7 Å². The zero-order valence-corrected chi connectivity index (χ0v) is 8.92. The van der Waals surface area contributed by atoms with Crippen LogP contribution < -0.4 is 5.73 Å². The lowest BCUT2D eigenvalue weighted by molar-refractivity contribution is -0.138. The predicted molar refractivity (Wildman–Crippen MR) is 57.3 cm³/mol. The summed E-state index contributed by atoms with van der Waals surface area (Å²) in [5.74, 6) is -1.05. The molecule has 0 aliphatic heterocycles. The van der Waals surface area contributed by atoms with Crippen LogP contribution in [0.15, 0.2) is 18.3 Å². The second-order valence-electron chi connectivity index (χ2n) is 3.34. The number of aliphatic carboxylic acids is 1. The van der Waals surface area contributed by atoms with Crippen molar-refractivity contribution in [2.75, 3.05) is 0 Å². The maximum atomic E-state index is 10.6. The standard InChI is InChI=1S/C9H9ClN4O2/c10-7-1-2-8-12-5(4-14(8)13-7)3-6(11)9(15)16/h1-2,4,6H,3,11H2,(H,15,16)/t6-/m1/s1. The van der Waals surface area contributed by atoms with Crippen molar-refractivity contribution in [2.45, 2.75) is 12.5 Å². The minimum Gasteiger partial charge on any atom is -0.480 e. The maximum absolute atomic E-state index is 10.6. The van der Waals surface area contributed by atoms with E-state index in [1.807, 2.05) is 0 Å². The van der Waals surface area contributed by atoms with E-state index < -0.39 is 12.0 Å². The lowest BCUT2D eigenvalue weighted by atomic mass is 10.2. The fourth-order valence-corrected chi connectivity index (χ4v) is 1.46. The first-order chi connectivity index (χ1) is 7.56. The molecule has 0 saturated heterocycles. The van der Waals surface area contributed by atoms with Crippen LogP contribution in [0.1, 0.15) is 5.69 Å². The van der Waals surface area contributed by atoms with Crippen molar-refractivity contribution >= 4 is 23.2 Å².